The van der Waals surface area contributed by atoms with E-state index in [1.165, 1.54) is 0 Å². The zero-order valence-corrected chi connectivity index (χ0v) is 13.2. The number of nitrogens with one attached hydrogen (secondary N) is 1. The van der Waals surface area contributed by atoms with Crippen LogP contribution < -0.4 is 15.9 Å². The van der Waals surface area contributed by atoms with E-state index in [1.54, 1.807) is 18.3 Å². The standard InChI is InChI=1S/C18H21N3O2/c1-2-10-23-17-5-3-4-15(11-17)13-20-21-18(22)12-14-6-8-16(19)9-7-14/h3-9,11,13H,2,10,12,19H2,1H3,(H,21,22)/b20-13-. The number of carbonyl (C=O) groups excluding carboxylic acids is 1. The highest BCUT2D eigenvalue weighted by molar-refractivity contribution is 5.83. The van der Waals surface area contributed by atoms with Crippen LogP contribution in [0.25, 0.3) is 0 Å². The highest BCUT2D eigenvalue weighted by Crippen LogP contribution is 2.12. The van der Waals surface area contributed by atoms with Crippen molar-refractivity contribution in [1.29, 1.82) is 0 Å². The first-order valence-corrected chi connectivity index (χ1v) is 7.56. The number of anilines is 1. The Kier molecular flexibility index (Phi) is 6.17. The van der Waals surface area contributed by atoms with Crippen molar-refractivity contribution < 1.29 is 9.53 Å². The largest absolute Gasteiger partial charge is 0.494 e. The minimum atomic E-state index is -0.176. The van der Waals surface area contributed by atoms with Crippen molar-refractivity contribution >= 4 is 17.8 Å². The fourth-order valence-corrected chi connectivity index (χ4v) is 1.94. The predicted octanol–water partition coefficient (Wildman–Crippen LogP) is 2.75. The quantitative estimate of drug-likeness (QED) is 0.469. The summed E-state index contributed by atoms with van der Waals surface area (Å²) in [7, 11) is 0. The van der Waals surface area contributed by atoms with Crippen molar-refractivity contribution in [2.24, 2.45) is 5.10 Å². The van der Waals surface area contributed by atoms with Crippen LogP contribution in [-0.4, -0.2) is 18.7 Å². The second kappa shape index (κ2) is 8.58. The summed E-state index contributed by atoms with van der Waals surface area (Å²) >= 11 is 0. The molecule has 5 heteroatoms. The second-order valence-electron chi connectivity index (χ2n) is 5.13. The van der Waals surface area contributed by atoms with E-state index in [0.29, 0.717) is 12.3 Å². The summed E-state index contributed by atoms with van der Waals surface area (Å²) in [4.78, 5) is 11.8. The smallest absolute Gasteiger partial charge is 0.244 e. The molecule has 0 radical (unpaired) electrons. The van der Waals surface area contributed by atoms with Gasteiger partial charge in [0.2, 0.25) is 5.91 Å². The zero-order valence-electron chi connectivity index (χ0n) is 13.2. The van der Waals surface area contributed by atoms with Gasteiger partial charge in [0, 0.05) is 5.69 Å². The van der Waals surface area contributed by atoms with E-state index in [1.807, 2.05) is 36.4 Å². The summed E-state index contributed by atoms with van der Waals surface area (Å²) in [6.45, 7) is 2.74. The molecule has 23 heavy (non-hydrogen) atoms. The van der Waals surface area contributed by atoms with Crippen LogP contribution in [0.3, 0.4) is 0 Å². The third-order valence-electron chi connectivity index (χ3n) is 3.08. The summed E-state index contributed by atoms with van der Waals surface area (Å²) in [6, 6.07) is 14.8. The van der Waals surface area contributed by atoms with E-state index < -0.39 is 0 Å². The summed E-state index contributed by atoms with van der Waals surface area (Å²) in [5.41, 5.74) is 10.6. The molecule has 0 bridgehead atoms. The maximum absolute atomic E-state index is 11.8. The Morgan fingerprint density at radius 3 is 2.78 bits per heavy atom. The molecule has 0 spiro atoms. The third kappa shape index (κ3) is 5.82. The average Bonchev–Trinajstić information content (AvgIpc) is 2.55. The Labute approximate surface area is 136 Å². The normalized spacial score (nSPS) is 10.7. The minimum Gasteiger partial charge on any atom is -0.494 e. The van der Waals surface area contributed by atoms with Gasteiger partial charge in [-0.05, 0) is 41.8 Å². The number of hydrogen-bond donors (Lipinski definition) is 2. The van der Waals surface area contributed by atoms with Crippen LogP contribution in [-0.2, 0) is 11.2 Å². The van der Waals surface area contributed by atoms with Gasteiger partial charge in [0.1, 0.15) is 5.75 Å². The number of hydrogen-bond acceptors (Lipinski definition) is 4. The van der Waals surface area contributed by atoms with Gasteiger partial charge in [-0.1, -0.05) is 31.2 Å². The maximum Gasteiger partial charge on any atom is 0.244 e. The van der Waals surface area contributed by atoms with Crippen molar-refractivity contribution in [2.75, 3.05) is 12.3 Å². The molecule has 0 aliphatic rings. The van der Waals surface area contributed by atoms with Crippen LogP contribution in [0.15, 0.2) is 53.6 Å². The Balaban J connectivity index is 1.85. The number of nitrogen functional groups attached to an aromatic ring is 1. The van der Waals surface area contributed by atoms with Crippen LogP contribution in [0.5, 0.6) is 5.75 Å². The minimum absolute atomic E-state index is 0.176. The van der Waals surface area contributed by atoms with Gasteiger partial charge in [-0.25, -0.2) is 5.43 Å². The first-order chi connectivity index (χ1) is 11.2. The number of ether oxygens (including phenoxy) is 1. The fourth-order valence-electron chi connectivity index (χ4n) is 1.94. The van der Waals surface area contributed by atoms with E-state index in [4.69, 9.17) is 10.5 Å². The number of benzene rings is 2. The van der Waals surface area contributed by atoms with E-state index in [-0.39, 0.29) is 12.3 Å². The lowest BCUT2D eigenvalue weighted by atomic mass is 10.1. The van der Waals surface area contributed by atoms with E-state index in [9.17, 15) is 4.79 Å². The van der Waals surface area contributed by atoms with Crippen molar-refractivity contribution in [3.05, 3.63) is 59.7 Å². The van der Waals surface area contributed by atoms with Gasteiger partial charge in [0.05, 0.1) is 19.2 Å². The monoisotopic (exact) mass is 311 g/mol. The van der Waals surface area contributed by atoms with Gasteiger partial charge in [-0.3, -0.25) is 4.79 Å². The summed E-state index contributed by atoms with van der Waals surface area (Å²) in [5, 5.41) is 3.97. The molecule has 0 saturated heterocycles. The number of nitrogens with zero attached hydrogens (tertiary/aromatic N) is 1. The molecule has 120 valence electrons. The van der Waals surface area contributed by atoms with Gasteiger partial charge in [-0.2, -0.15) is 5.10 Å². The molecular weight excluding hydrogens is 290 g/mol. The van der Waals surface area contributed by atoms with Crippen LogP contribution in [0.2, 0.25) is 0 Å². The molecule has 0 heterocycles. The topological polar surface area (TPSA) is 76.7 Å². The molecule has 0 aliphatic heterocycles. The molecule has 0 aromatic heterocycles. The van der Waals surface area contributed by atoms with Crippen LogP contribution >= 0.6 is 0 Å². The van der Waals surface area contributed by atoms with Crippen molar-refractivity contribution in [3.63, 3.8) is 0 Å². The van der Waals surface area contributed by atoms with Crippen molar-refractivity contribution in [2.45, 2.75) is 19.8 Å². The summed E-state index contributed by atoms with van der Waals surface area (Å²) in [5.74, 6) is 0.619. The van der Waals surface area contributed by atoms with Gasteiger partial charge in [-0.15, -0.1) is 0 Å². The Hall–Kier alpha value is -2.82. The van der Waals surface area contributed by atoms with Crippen LogP contribution in [0.4, 0.5) is 5.69 Å². The Bertz CT molecular complexity index is 666. The first-order valence-electron chi connectivity index (χ1n) is 7.56. The van der Waals surface area contributed by atoms with Gasteiger partial charge in [0.15, 0.2) is 0 Å². The number of hydrazone groups is 1. The molecule has 0 aliphatic carbocycles. The third-order valence-corrected chi connectivity index (χ3v) is 3.08. The Morgan fingerprint density at radius 1 is 1.26 bits per heavy atom. The van der Waals surface area contributed by atoms with Gasteiger partial charge < -0.3 is 10.5 Å². The molecular formula is C18H21N3O2. The molecule has 2 aromatic rings. The van der Waals surface area contributed by atoms with Crippen LogP contribution in [0, 0.1) is 0 Å². The SMILES string of the molecule is CCCOc1cccc(/C=N\NC(=O)Cc2ccc(N)cc2)c1. The lowest BCUT2D eigenvalue weighted by Gasteiger charge is -2.04. The molecule has 0 saturated carbocycles. The van der Waals surface area contributed by atoms with E-state index in [0.717, 1.165) is 23.3 Å². The van der Waals surface area contributed by atoms with Crippen LogP contribution in [0.1, 0.15) is 24.5 Å². The molecule has 0 unspecified atom stereocenters. The summed E-state index contributed by atoms with van der Waals surface area (Å²) < 4.78 is 5.55. The van der Waals surface area contributed by atoms with Crippen molar-refractivity contribution in [3.8, 4) is 5.75 Å². The molecule has 0 atom stereocenters. The molecule has 5 nitrogen and oxygen atoms in total. The van der Waals surface area contributed by atoms with Gasteiger partial charge >= 0.3 is 0 Å². The number of nitrogens with two attached hydrogens (primary N) is 1. The number of carbonyl (C=O) groups is 1. The highest BCUT2D eigenvalue weighted by Gasteiger charge is 2.01. The van der Waals surface area contributed by atoms with E-state index >= 15 is 0 Å². The lowest BCUT2D eigenvalue weighted by molar-refractivity contribution is -0.120. The molecule has 3 N–H and O–H groups in total. The molecule has 2 aromatic carbocycles. The lowest BCUT2D eigenvalue weighted by Crippen LogP contribution is -2.19. The maximum atomic E-state index is 11.8. The molecule has 1 amide bonds. The van der Waals surface area contributed by atoms with Gasteiger partial charge in [0.25, 0.3) is 0 Å². The second-order valence-corrected chi connectivity index (χ2v) is 5.13. The zero-order chi connectivity index (χ0) is 16.5. The number of rotatable bonds is 7. The Morgan fingerprint density at radius 2 is 2.04 bits per heavy atom. The molecule has 2 rings (SSSR count). The van der Waals surface area contributed by atoms with Crippen molar-refractivity contribution in [1.82, 2.24) is 5.43 Å². The number of amides is 1. The van der Waals surface area contributed by atoms with E-state index in [2.05, 4.69) is 17.5 Å². The first kappa shape index (κ1) is 16.5. The molecule has 0 fully saturated rings. The average molecular weight is 311 g/mol. The summed E-state index contributed by atoms with van der Waals surface area (Å²) in [6.07, 6.45) is 2.82. The fraction of sp³-hybridized carbons (Fsp3) is 0.222. The highest BCUT2D eigenvalue weighted by atomic mass is 16.5. The predicted molar refractivity (Wildman–Crippen MR) is 92.5 cm³/mol.